The molecule has 1 rings (SSSR count). The van der Waals surface area contributed by atoms with Gasteiger partial charge in [-0.05, 0) is 4.59 Å². The Bertz CT molecular complexity index is 224. The fraction of sp³-hybridized carbons (Fsp3) is 0. The lowest BCUT2D eigenvalue weighted by atomic mass is 10.4. The van der Waals surface area contributed by atoms with Gasteiger partial charge in [-0.1, -0.05) is 30.3 Å². The molecule has 0 aliphatic heterocycles. The summed E-state index contributed by atoms with van der Waals surface area (Å²) >= 11 is 0. The van der Waals surface area contributed by atoms with E-state index in [1.54, 1.807) is 24.3 Å². The van der Waals surface area contributed by atoms with Crippen LogP contribution in [-0.2, 0) is 0 Å². The lowest BCUT2D eigenvalue weighted by Crippen LogP contribution is -2.21. The molecule has 3 nitrogen and oxygen atoms in total. The van der Waals surface area contributed by atoms with Crippen LogP contribution in [0.4, 0.5) is 0 Å². The molecule has 0 heterocycles. The minimum absolute atomic E-state index is 0.310. The first-order chi connectivity index (χ1) is 4.79. The van der Waals surface area contributed by atoms with E-state index >= 15 is 0 Å². The van der Waals surface area contributed by atoms with Gasteiger partial charge in [0.05, 0.1) is 0 Å². The summed E-state index contributed by atoms with van der Waals surface area (Å²) in [6, 6.07) is 8.94. The fourth-order valence-electron chi connectivity index (χ4n) is 0.618. The van der Waals surface area contributed by atoms with E-state index in [0.29, 0.717) is 0 Å². The second-order valence-corrected chi connectivity index (χ2v) is 2.90. The van der Waals surface area contributed by atoms with Crippen LogP contribution in [0.15, 0.2) is 30.3 Å². The van der Waals surface area contributed by atoms with E-state index in [9.17, 15) is 10.1 Å². The highest BCUT2D eigenvalue weighted by molar-refractivity contribution is 6.45. The molecule has 10 heavy (non-hydrogen) atoms. The molecule has 0 spiro atoms. The van der Waals surface area contributed by atoms with Crippen LogP contribution in [0.1, 0.15) is 0 Å². The molecule has 0 aromatic heterocycles. The first-order valence-corrected chi connectivity index (χ1v) is 3.70. The maximum absolute atomic E-state index is 9.99. The molecule has 0 N–H and O–H groups in total. The second-order valence-electron chi connectivity index (χ2n) is 1.73. The lowest BCUT2D eigenvalue weighted by Gasteiger charge is -1.87. The molecule has 0 amide bonds. The van der Waals surface area contributed by atoms with Crippen molar-refractivity contribution in [2.24, 2.45) is 0 Å². The fourth-order valence-corrected chi connectivity index (χ4v) is 1.17. The van der Waals surface area contributed by atoms with E-state index in [0.717, 1.165) is 5.19 Å². The predicted octanol–water partition coefficient (Wildman–Crippen LogP) is 0.208. The summed E-state index contributed by atoms with van der Waals surface area (Å²) in [6.45, 7) is 0. The molecule has 2 radical (unpaired) electrons. The molecule has 1 aromatic carbocycles. The average Bonchev–Trinajstić information content (AvgIpc) is 1.88. The van der Waals surface area contributed by atoms with Crippen LogP contribution in [-0.4, -0.2) is 14.3 Å². The number of hydrogen-bond acceptors (Lipinski definition) is 2. The Balaban J connectivity index is 2.67. The van der Waals surface area contributed by atoms with Crippen molar-refractivity contribution >= 4 is 14.9 Å². The van der Waals surface area contributed by atoms with Gasteiger partial charge in [0.2, 0.25) is 0 Å². The Morgan fingerprint density at radius 2 is 1.90 bits per heavy atom. The number of rotatable bonds is 2. The Labute approximate surface area is 60.7 Å². The maximum atomic E-state index is 9.99. The second kappa shape index (κ2) is 3.12. The molecule has 4 heteroatoms. The van der Waals surface area contributed by atoms with Gasteiger partial charge in [-0.25, -0.2) is 0 Å². The summed E-state index contributed by atoms with van der Waals surface area (Å²) in [4.78, 5) is 9.99. The minimum atomic E-state index is -0.317. The molecule has 0 atom stereocenters. The minimum Gasteiger partial charge on any atom is -0.289 e. The van der Waals surface area contributed by atoms with Gasteiger partial charge in [-0.3, -0.25) is 10.1 Å². The number of hydrogen-bond donors (Lipinski definition) is 0. The largest absolute Gasteiger partial charge is 0.594 e. The van der Waals surface area contributed by atoms with E-state index < -0.39 is 0 Å². The molecule has 0 fully saturated rings. The SMILES string of the molecule is O=[N+]([O-])[Si]c1ccccc1. The normalized spacial score (nSPS) is 9.20. The third-order valence-electron chi connectivity index (χ3n) is 0.994. The van der Waals surface area contributed by atoms with Gasteiger partial charge in [0, 0.05) is 5.19 Å². The molecule has 0 saturated carbocycles. The highest BCUT2D eigenvalue weighted by Crippen LogP contribution is 1.80. The van der Waals surface area contributed by atoms with Crippen molar-refractivity contribution in [2.45, 2.75) is 0 Å². The lowest BCUT2D eigenvalue weighted by molar-refractivity contribution is -0.318. The predicted molar refractivity (Wildman–Crippen MR) is 38.8 cm³/mol. The van der Waals surface area contributed by atoms with E-state index in [1.807, 2.05) is 6.07 Å². The van der Waals surface area contributed by atoms with Gasteiger partial charge in [-0.15, -0.1) is 0 Å². The van der Waals surface area contributed by atoms with Crippen molar-refractivity contribution in [1.29, 1.82) is 0 Å². The van der Waals surface area contributed by atoms with Crippen molar-refractivity contribution in [3.8, 4) is 0 Å². The highest BCUT2D eigenvalue weighted by atomic mass is 28.2. The number of nitro groups is 1. The third-order valence-corrected chi connectivity index (χ3v) is 1.77. The highest BCUT2D eigenvalue weighted by Gasteiger charge is 2.07. The molecular weight excluding hydrogens is 146 g/mol. The van der Waals surface area contributed by atoms with E-state index in [1.165, 1.54) is 0 Å². The molecule has 50 valence electrons. The Kier molecular flexibility index (Phi) is 2.17. The van der Waals surface area contributed by atoms with E-state index in [-0.39, 0.29) is 14.3 Å². The molecule has 0 unspecified atom stereocenters. The van der Waals surface area contributed by atoms with Crippen LogP contribution in [0.3, 0.4) is 0 Å². The molecule has 1 aromatic rings. The van der Waals surface area contributed by atoms with Crippen molar-refractivity contribution < 1.29 is 4.59 Å². The van der Waals surface area contributed by atoms with Crippen LogP contribution in [0.5, 0.6) is 0 Å². The number of benzene rings is 1. The molecule has 0 bridgehead atoms. The Hall–Kier alpha value is -1.16. The van der Waals surface area contributed by atoms with Crippen molar-refractivity contribution in [1.82, 2.24) is 0 Å². The average molecular weight is 151 g/mol. The quantitative estimate of drug-likeness (QED) is 0.344. The summed E-state index contributed by atoms with van der Waals surface area (Å²) in [5.41, 5.74) is 0. The first-order valence-electron chi connectivity index (χ1n) is 2.75. The summed E-state index contributed by atoms with van der Waals surface area (Å²) < 4.78 is -0.310. The topological polar surface area (TPSA) is 43.1 Å². The zero-order valence-electron chi connectivity index (χ0n) is 5.15. The standard InChI is InChI=1S/C6H5NO2Si/c8-7(9)10-6-4-2-1-3-5-6/h1-5H. The number of nitrogens with zero attached hydrogens (tertiary/aromatic N) is 1. The smallest absolute Gasteiger partial charge is 0.289 e. The van der Waals surface area contributed by atoms with Gasteiger partial charge in [0.25, 0.3) is 0 Å². The molecule has 0 saturated heterocycles. The van der Waals surface area contributed by atoms with E-state index in [2.05, 4.69) is 0 Å². The molecule has 0 aliphatic carbocycles. The van der Waals surface area contributed by atoms with Crippen molar-refractivity contribution in [2.75, 3.05) is 0 Å². The first kappa shape index (κ1) is 6.95. The summed E-state index contributed by atoms with van der Waals surface area (Å²) in [6.07, 6.45) is 0. The van der Waals surface area contributed by atoms with Gasteiger partial charge >= 0.3 is 9.68 Å². The van der Waals surface area contributed by atoms with Crippen LogP contribution < -0.4 is 5.19 Å². The monoisotopic (exact) mass is 151 g/mol. The molecular formula is C6H5NO2Si. The van der Waals surface area contributed by atoms with E-state index in [4.69, 9.17) is 0 Å². The van der Waals surface area contributed by atoms with Crippen LogP contribution in [0.2, 0.25) is 0 Å². The van der Waals surface area contributed by atoms with Crippen LogP contribution >= 0.6 is 0 Å². The Morgan fingerprint density at radius 3 is 2.40 bits per heavy atom. The van der Waals surface area contributed by atoms with Crippen LogP contribution in [0.25, 0.3) is 0 Å². The van der Waals surface area contributed by atoms with Gasteiger partial charge < -0.3 is 0 Å². The summed E-state index contributed by atoms with van der Waals surface area (Å²) in [5, 5.41) is 10.8. The molecule has 0 aliphatic rings. The van der Waals surface area contributed by atoms with Crippen LogP contribution in [0, 0.1) is 10.1 Å². The van der Waals surface area contributed by atoms with Crippen molar-refractivity contribution in [3.05, 3.63) is 40.4 Å². The van der Waals surface area contributed by atoms with Crippen molar-refractivity contribution in [3.63, 3.8) is 0 Å². The summed E-state index contributed by atoms with van der Waals surface area (Å²) in [5.74, 6) is 0. The van der Waals surface area contributed by atoms with Gasteiger partial charge in [0.15, 0.2) is 0 Å². The van der Waals surface area contributed by atoms with Gasteiger partial charge in [-0.2, -0.15) is 0 Å². The third kappa shape index (κ3) is 1.98. The maximum Gasteiger partial charge on any atom is 0.594 e. The van der Waals surface area contributed by atoms with Gasteiger partial charge in [0.1, 0.15) is 0 Å². The summed E-state index contributed by atoms with van der Waals surface area (Å²) in [7, 11) is -0.317. The zero-order chi connectivity index (χ0) is 7.40. The zero-order valence-corrected chi connectivity index (χ0v) is 6.15. The Morgan fingerprint density at radius 1 is 1.30 bits per heavy atom.